The molecule has 0 radical (unpaired) electrons. The van der Waals surface area contributed by atoms with Crippen molar-refractivity contribution in [3.8, 4) is 0 Å². The standard InChI is InChI=1S/C16H21FN2O3/c1-10(2)22-7-6-13-15(20)19-14(16(21)18-13)9-11-4-3-5-12(17)8-11/h3-5,8,10,13-14H,6-7,9H2,1-2H3,(H,18,21)(H,19,20). The van der Waals surface area contributed by atoms with Crippen molar-refractivity contribution in [2.75, 3.05) is 6.61 Å². The summed E-state index contributed by atoms with van der Waals surface area (Å²) in [4.78, 5) is 24.1. The fraction of sp³-hybridized carbons (Fsp3) is 0.500. The van der Waals surface area contributed by atoms with E-state index in [1.165, 1.54) is 12.1 Å². The molecule has 0 bridgehead atoms. The lowest BCUT2D eigenvalue weighted by atomic mass is 10.0. The minimum absolute atomic E-state index is 0.0862. The monoisotopic (exact) mass is 308 g/mol. The lowest BCUT2D eigenvalue weighted by Gasteiger charge is -2.29. The van der Waals surface area contributed by atoms with E-state index in [4.69, 9.17) is 4.74 Å². The summed E-state index contributed by atoms with van der Waals surface area (Å²) < 4.78 is 18.6. The van der Waals surface area contributed by atoms with Gasteiger partial charge in [-0.2, -0.15) is 0 Å². The summed E-state index contributed by atoms with van der Waals surface area (Å²) in [5, 5.41) is 5.39. The maximum atomic E-state index is 13.2. The number of piperazine rings is 1. The normalized spacial score (nSPS) is 21.6. The Morgan fingerprint density at radius 2 is 1.86 bits per heavy atom. The Morgan fingerprint density at radius 1 is 1.18 bits per heavy atom. The Kier molecular flexibility index (Phi) is 5.49. The van der Waals surface area contributed by atoms with E-state index in [-0.39, 0.29) is 30.2 Å². The molecule has 120 valence electrons. The van der Waals surface area contributed by atoms with Crippen molar-refractivity contribution >= 4 is 11.8 Å². The van der Waals surface area contributed by atoms with Crippen LogP contribution in [0.2, 0.25) is 0 Å². The molecule has 1 saturated heterocycles. The van der Waals surface area contributed by atoms with Gasteiger partial charge < -0.3 is 15.4 Å². The highest BCUT2D eigenvalue weighted by molar-refractivity contribution is 5.97. The molecule has 2 rings (SSSR count). The quantitative estimate of drug-likeness (QED) is 0.829. The summed E-state index contributed by atoms with van der Waals surface area (Å²) in [6.45, 7) is 4.23. The molecule has 1 aliphatic heterocycles. The van der Waals surface area contributed by atoms with E-state index in [0.29, 0.717) is 18.6 Å². The Labute approximate surface area is 129 Å². The molecule has 2 amide bonds. The third-order valence-corrected chi connectivity index (χ3v) is 3.45. The van der Waals surface area contributed by atoms with Crippen LogP contribution < -0.4 is 10.6 Å². The molecule has 1 aromatic rings. The van der Waals surface area contributed by atoms with Gasteiger partial charge in [0.05, 0.1) is 6.10 Å². The Bertz CT molecular complexity index is 548. The zero-order chi connectivity index (χ0) is 16.1. The number of rotatable bonds is 6. The number of halogens is 1. The lowest BCUT2D eigenvalue weighted by Crippen LogP contribution is -2.62. The summed E-state index contributed by atoms with van der Waals surface area (Å²) in [6.07, 6.45) is 0.788. The molecule has 2 atom stereocenters. The molecular weight excluding hydrogens is 287 g/mol. The third-order valence-electron chi connectivity index (χ3n) is 3.45. The van der Waals surface area contributed by atoms with Gasteiger partial charge in [0.25, 0.3) is 0 Å². The van der Waals surface area contributed by atoms with Gasteiger partial charge in [0.1, 0.15) is 17.9 Å². The predicted octanol–water partition coefficient (Wildman–Crippen LogP) is 1.17. The number of amides is 2. The molecule has 1 aromatic carbocycles. The fourth-order valence-corrected chi connectivity index (χ4v) is 2.34. The van der Waals surface area contributed by atoms with Crippen LogP contribution in [-0.2, 0) is 20.7 Å². The molecule has 0 aromatic heterocycles. The van der Waals surface area contributed by atoms with Gasteiger partial charge in [0.2, 0.25) is 11.8 Å². The minimum atomic E-state index is -0.670. The van der Waals surface area contributed by atoms with Gasteiger partial charge in [-0.3, -0.25) is 9.59 Å². The second-order valence-electron chi connectivity index (χ2n) is 5.66. The molecule has 22 heavy (non-hydrogen) atoms. The van der Waals surface area contributed by atoms with Crippen molar-refractivity contribution in [1.29, 1.82) is 0 Å². The van der Waals surface area contributed by atoms with E-state index in [2.05, 4.69) is 10.6 Å². The second-order valence-corrected chi connectivity index (χ2v) is 5.66. The molecular formula is C16H21FN2O3. The number of nitrogens with one attached hydrogen (secondary N) is 2. The van der Waals surface area contributed by atoms with Gasteiger partial charge in [-0.15, -0.1) is 0 Å². The smallest absolute Gasteiger partial charge is 0.243 e. The summed E-state index contributed by atoms with van der Waals surface area (Å²) in [6, 6.07) is 4.77. The van der Waals surface area contributed by atoms with Crippen LogP contribution in [0.5, 0.6) is 0 Å². The van der Waals surface area contributed by atoms with Crippen LogP contribution >= 0.6 is 0 Å². The number of hydrogen-bond acceptors (Lipinski definition) is 3. The topological polar surface area (TPSA) is 67.4 Å². The average molecular weight is 308 g/mol. The highest BCUT2D eigenvalue weighted by Crippen LogP contribution is 2.10. The van der Waals surface area contributed by atoms with E-state index in [9.17, 15) is 14.0 Å². The number of hydrogen-bond donors (Lipinski definition) is 2. The summed E-state index contributed by atoms with van der Waals surface area (Å²) in [7, 11) is 0. The molecule has 2 N–H and O–H groups in total. The van der Waals surface area contributed by atoms with Crippen molar-refractivity contribution in [2.24, 2.45) is 0 Å². The molecule has 2 unspecified atom stereocenters. The molecule has 1 fully saturated rings. The predicted molar refractivity (Wildman–Crippen MR) is 79.7 cm³/mol. The van der Waals surface area contributed by atoms with Gasteiger partial charge >= 0.3 is 0 Å². The van der Waals surface area contributed by atoms with E-state index in [1.807, 2.05) is 13.8 Å². The molecule has 6 heteroatoms. The minimum Gasteiger partial charge on any atom is -0.379 e. The van der Waals surface area contributed by atoms with E-state index in [1.54, 1.807) is 12.1 Å². The summed E-state index contributed by atoms with van der Waals surface area (Å²) in [5.74, 6) is -0.837. The van der Waals surface area contributed by atoms with E-state index in [0.717, 1.165) is 0 Å². The highest BCUT2D eigenvalue weighted by atomic mass is 19.1. The fourth-order valence-electron chi connectivity index (χ4n) is 2.34. The Hall–Kier alpha value is -1.95. The summed E-state index contributed by atoms with van der Waals surface area (Å²) in [5.41, 5.74) is 0.669. The van der Waals surface area contributed by atoms with Gasteiger partial charge in [-0.1, -0.05) is 12.1 Å². The van der Waals surface area contributed by atoms with Gasteiger partial charge in [0.15, 0.2) is 0 Å². The second kappa shape index (κ2) is 7.35. The first-order valence-electron chi connectivity index (χ1n) is 7.42. The maximum Gasteiger partial charge on any atom is 0.243 e. The molecule has 5 nitrogen and oxygen atoms in total. The SMILES string of the molecule is CC(C)OCCC1NC(=O)C(Cc2cccc(F)c2)NC1=O. The van der Waals surface area contributed by atoms with Crippen LogP contribution in [0.15, 0.2) is 24.3 Å². The molecule has 0 aliphatic carbocycles. The average Bonchev–Trinajstić information content (AvgIpc) is 2.43. The highest BCUT2D eigenvalue weighted by Gasteiger charge is 2.33. The molecule has 0 spiro atoms. The van der Waals surface area contributed by atoms with Crippen LogP contribution in [-0.4, -0.2) is 36.6 Å². The van der Waals surface area contributed by atoms with Crippen molar-refractivity contribution in [2.45, 2.75) is 44.9 Å². The van der Waals surface area contributed by atoms with Crippen LogP contribution in [0.4, 0.5) is 4.39 Å². The lowest BCUT2D eigenvalue weighted by molar-refractivity contribution is -0.137. The van der Waals surface area contributed by atoms with Crippen LogP contribution in [0.3, 0.4) is 0 Å². The van der Waals surface area contributed by atoms with Crippen molar-refractivity contribution in [3.63, 3.8) is 0 Å². The van der Waals surface area contributed by atoms with Crippen LogP contribution in [0.25, 0.3) is 0 Å². The van der Waals surface area contributed by atoms with Gasteiger partial charge in [-0.05, 0) is 38.0 Å². The van der Waals surface area contributed by atoms with Gasteiger partial charge in [0, 0.05) is 13.0 Å². The zero-order valence-electron chi connectivity index (χ0n) is 12.8. The Morgan fingerprint density at radius 3 is 2.55 bits per heavy atom. The van der Waals surface area contributed by atoms with Crippen LogP contribution in [0.1, 0.15) is 25.8 Å². The number of benzene rings is 1. The number of ether oxygens (including phenoxy) is 1. The van der Waals surface area contributed by atoms with Crippen molar-refractivity contribution < 1.29 is 18.7 Å². The molecule has 1 aliphatic rings. The summed E-state index contributed by atoms with van der Waals surface area (Å²) >= 11 is 0. The maximum absolute atomic E-state index is 13.2. The molecule has 1 heterocycles. The van der Waals surface area contributed by atoms with Crippen molar-refractivity contribution in [3.05, 3.63) is 35.6 Å². The van der Waals surface area contributed by atoms with Gasteiger partial charge in [-0.25, -0.2) is 4.39 Å². The van der Waals surface area contributed by atoms with Crippen molar-refractivity contribution in [1.82, 2.24) is 10.6 Å². The van der Waals surface area contributed by atoms with E-state index < -0.39 is 12.1 Å². The molecule has 0 saturated carbocycles. The number of carbonyl (C=O) groups is 2. The zero-order valence-corrected chi connectivity index (χ0v) is 12.8. The first-order valence-corrected chi connectivity index (χ1v) is 7.42. The largest absolute Gasteiger partial charge is 0.379 e. The third kappa shape index (κ3) is 4.53. The number of carbonyl (C=O) groups excluding carboxylic acids is 2. The first kappa shape index (κ1) is 16.4. The first-order chi connectivity index (χ1) is 10.5. The Balaban J connectivity index is 1.90. The van der Waals surface area contributed by atoms with Crippen LogP contribution in [0, 0.1) is 5.82 Å². The van der Waals surface area contributed by atoms with E-state index >= 15 is 0 Å².